The summed E-state index contributed by atoms with van der Waals surface area (Å²) in [6.07, 6.45) is 4.02. The highest BCUT2D eigenvalue weighted by atomic mass is 32.2. The first-order valence-electron chi connectivity index (χ1n) is 5.51. The lowest BCUT2D eigenvalue weighted by Gasteiger charge is -2.51. The van der Waals surface area contributed by atoms with Crippen LogP contribution in [0.2, 0.25) is 0 Å². The summed E-state index contributed by atoms with van der Waals surface area (Å²) in [7, 11) is 0. The van der Waals surface area contributed by atoms with Crippen LogP contribution in [0.25, 0.3) is 0 Å². The topological polar surface area (TPSA) is 23.5 Å². The summed E-state index contributed by atoms with van der Waals surface area (Å²) in [5, 5.41) is 12.3. The van der Waals surface area contributed by atoms with Gasteiger partial charge in [-0.25, -0.2) is 0 Å². The second-order valence-electron chi connectivity index (χ2n) is 5.59. The summed E-state index contributed by atoms with van der Waals surface area (Å²) in [5.74, 6) is 1.00. The number of rotatable bonds is 3. The van der Waals surface area contributed by atoms with Crippen molar-refractivity contribution in [3.63, 3.8) is 0 Å². The van der Waals surface area contributed by atoms with E-state index in [1.807, 2.05) is 17.8 Å². The molecular formula is C12H23NOS. The van der Waals surface area contributed by atoms with Crippen molar-refractivity contribution >= 4 is 11.8 Å². The van der Waals surface area contributed by atoms with Gasteiger partial charge in [-0.3, -0.25) is 0 Å². The van der Waals surface area contributed by atoms with E-state index >= 15 is 0 Å². The summed E-state index contributed by atoms with van der Waals surface area (Å²) in [6, 6.07) is 0. The lowest BCUT2D eigenvalue weighted by Crippen LogP contribution is -2.59. The third kappa shape index (κ3) is 2.99. The highest BCUT2D eigenvalue weighted by molar-refractivity contribution is 8.00. The molecule has 1 saturated heterocycles. The quantitative estimate of drug-likeness (QED) is 0.751. The molecule has 0 bridgehead atoms. The molecule has 1 rings (SSSR count). The summed E-state index contributed by atoms with van der Waals surface area (Å²) < 4.78 is 0. The molecule has 0 aromatic rings. The smallest absolute Gasteiger partial charge is 0.0420 e. The Labute approximate surface area is 97.7 Å². The van der Waals surface area contributed by atoms with Crippen LogP contribution in [0.1, 0.15) is 40.5 Å². The molecule has 1 aliphatic rings. The molecule has 1 heterocycles. The fourth-order valence-electron chi connectivity index (χ4n) is 2.50. The number of thioether (sulfide) groups is 1. The monoisotopic (exact) mass is 229 g/mol. The predicted octanol–water partition coefficient (Wildman–Crippen LogP) is 3.32. The normalized spacial score (nSPS) is 26.5. The minimum absolute atomic E-state index is 0.124. The van der Waals surface area contributed by atoms with E-state index in [1.165, 1.54) is 5.06 Å². The van der Waals surface area contributed by atoms with E-state index in [-0.39, 0.29) is 11.1 Å². The van der Waals surface area contributed by atoms with Crippen LogP contribution in [0.5, 0.6) is 0 Å². The van der Waals surface area contributed by atoms with Crippen LogP contribution in [0.4, 0.5) is 0 Å². The van der Waals surface area contributed by atoms with Crippen molar-refractivity contribution in [3.05, 3.63) is 12.7 Å². The molecule has 1 fully saturated rings. The number of piperidine rings is 1. The van der Waals surface area contributed by atoms with Gasteiger partial charge in [-0.05, 0) is 40.5 Å². The van der Waals surface area contributed by atoms with Crippen LogP contribution in [0, 0.1) is 0 Å². The SMILES string of the molecule is C=CCSC1CC(C)(C)N(O)C(C)(C)C1. The molecule has 0 radical (unpaired) electrons. The zero-order valence-electron chi connectivity index (χ0n) is 10.3. The Balaban J connectivity index is 2.70. The maximum atomic E-state index is 10.1. The second kappa shape index (κ2) is 4.48. The van der Waals surface area contributed by atoms with Crippen molar-refractivity contribution in [2.45, 2.75) is 56.9 Å². The van der Waals surface area contributed by atoms with E-state index in [0.717, 1.165) is 18.6 Å². The molecule has 0 spiro atoms. The van der Waals surface area contributed by atoms with Gasteiger partial charge in [0.05, 0.1) is 0 Å². The average molecular weight is 229 g/mol. The molecule has 0 unspecified atom stereocenters. The van der Waals surface area contributed by atoms with Gasteiger partial charge >= 0.3 is 0 Å². The van der Waals surface area contributed by atoms with Crippen molar-refractivity contribution in [1.82, 2.24) is 5.06 Å². The lowest BCUT2D eigenvalue weighted by molar-refractivity contribution is -0.240. The molecule has 2 nitrogen and oxygen atoms in total. The van der Waals surface area contributed by atoms with E-state index < -0.39 is 0 Å². The Morgan fingerprint density at radius 2 is 1.80 bits per heavy atom. The second-order valence-corrected chi connectivity index (χ2v) is 6.92. The van der Waals surface area contributed by atoms with E-state index in [0.29, 0.717) is 5.25 Å². The zero-order valence-corrected chi connectivity index (χ0v) is 11.1. The number of hydrogen-bond acceptors (Lipinski definition) is 3. The van der Waals surface area contributed by atoms with Crippen molar-refractivity contribution < 1.29 is 5.21 Å². The summed E-state index contributed by atoms with van der Waals surface area (Å²) in [4.78, 5) is 0. The first kappa shape index (κ1) is 13.1. The molecule has 0 atom stereocenters. The molecule has 1 aliphatic heterocycles. The van der Waals surface area contributed by atoms with Crippen molar-refractivity contribution in [2.24, 2.45) is 0 Å². The lowest BCUT2D eigenvalue weighted by atomic mass is 9.82. The van der Waals surface area contributed by atoms with Crippen LogP contribution < -0.4 is 0 Å². The Morgan fingerprint density at radius 1 is 1.33 bits per heavy atom. The molecule has 0 aliphatic carbocycles. The first-order valence-corrected chi connectivity index (χ1v) is 6.56. The highest BCUT2D eigenvalue weighted by Crippen LogP contribution is 2.41. The van der Waals surface area contributed by atoms with E-state index in [4.69, 9.17) is 0 Å². The molecule has 88 valence electrons. The molecular weight excluding hydrogens is 206 g/mol. The zero-order chi connectivity index (χ0) is 11.7. The number of hydrogen-bond donors (Lipinski definition) is 1. The van der Waals surface area contributed by atoms with Crippen LogP contribution in [0.15, 0.2) is 12.7 Å². The summed E-state index contributed by atoms with van der Waals surface area (Å²) in [6.45, 7) is 12.2. The largest absolute Gasteiger partial charge is 0.313 e. The van der Waals surface area contributed by atoms with E-state index in [1.54, 1.807) is 0 Å². The predicted molar refractivity (Wildman–Crippen MR) is 67.5 cm³/mol. The summed E-state index contributed by atoms with van der Waals surface area (Å²) >= 11 is 1.95. The van der Waals surface area contributed by atoms with Gasteiger partial charge < -0.3 is 5.21 Å². The Hall–Kier alpha value is 0.01000. The fraction of sp³-hybridized carbons (Fsp3) is 0.833. The van der Waals surface area contributed by atoms with Gasteiger partial charge in [-0.2, -0.15) is 16.8 Å². The summed E-state index contributed by atoms with van der Waals surface area (Å²) in [5.41, 5.74) is -0.249. The van der Waals surface area contributed by atoms with Gasteiger partial charge in [0.1, 0.15) is 0 Å². The Morgan fingerprint density at radius 3 is 2.20 bits per heavy atom. The highest BCUT2D eigenvalue weighted by Gasteiger charge is 2.44. The number of hydroxylamine groups is 2. The fourth-order valence-corrected chi connectivity index (χ4v) is 3.96. The molecule has 0 aromatic carbocycles. The van der Waals surface area contributed by atoms with Gasteiger partial charge in [-0.15, -0.1) is 6.58 Å². The van der Waals surface area contributed by atoms with Crippen LogP contribution >= 0.6 is 11.8 Å². The Kier molecular flexibility index (Phi) is 3.90. The molecule has 3 heteroatoms. The van der Waals surface area contributed by atoms with Crippen LogP contribution in [0.3, 0.4) is 0 Å². The van der Waals surface area contributed by atoms with Gasteiger partial charge in [0.25, 0.3) is 0 Å². The standard InChI is InChI=1S/C12H23NOS/c1-6-7-15-10-8-11(2,3)13(14)12(4,5)9-10/h6,10,14H,1,7-9H2,2-5H3. The third-order valence-corrected chi connectivity index (χ3v) is 4.28. The third-order valence-electron chi connectivity index (χ3n) is 3.05. The van der Waals surface area contributed by atoms with Gasteiger partial charge in [-0.1, -0.05) is 6.08 Å². The maximum Gasteiger partial charge on any atom is 0.0420 e. The van der Waals surface area contributed by atoms with Crippen molar-refractivity contribution in [3.8, 4) is 0 Å². The van der Waals surface area contributed by atoms with Crippen LogP contribution in [-0.4, -0.2) is 32.4 Å². The van der Waals surface area contributed by atoms with Gasteiger partial charge in [0.2, 0.25) is 0 Å². The molecule has 0 aromatic heterocycles. The molecule has 1 N–H and O–H groups in total. The average Bonchev–Trinajstić information content (AvgIpc) is 2.10. The van der Waals surface area contributed by atoms with Crippen molar-refractivity contribution in [2.75, 3.05) is 5.75 Å². The Bertz CT molecular complexity index is 220. The maximum absolute atomic E-state index is 10.1. The van der Waals surface area contributed by atoms with E-state index in [9.17, 15) is 5.21 Å². The first-order chi connectivity index (χ1) is 6.79. The molecule has 0 amide bonds. The van der Waals surface area contributed by atoms with Gasteiger partial charge in [0, 0.05) is 22.1 Å². The van der Waals surface area contributed by atoms with Crippen molar-refractivity contribution in [1.29, 1.82) is 0 Å². The molecule has 15 heavy (non-hydrogen) atoms. The molecule has 0 saturated carbocycles. The van der Waals surface area contributed by atoms with Crippen LogP contribution in [-0.2, 0) is 0 Å². The minimum Gasteiger partial charge on any atom is -0.313 e. The minimum atomic E-state index is -0.124. The number of nitrogens with zero attached hydrogens (tertiary/aromatic N) is 1. The van der Waals surface area contributed by atoms with E-state index in [2.05, 4.69) is 34.3 Å². The van der Waals surface area contributed by atoms with Gasteiger partial charge in [0.15, 0.2) is 0 Å².